The summed E-state index contributed by atoms with van der Waals surface area (Å²) in [5.74, 6) is -2.67. The quantitative estimate of drug-likeness (QED) is 0.610. The van der Waals surface area contributed by atoms with Crippen LogP contribution < -0.4 is 4.90 Å². The highest BCUT2D eigenvalue weighted by Crippen LogP contribution is 2.36. The number of carbonyl (C=O) groups is 1. The summed E-state index contributed by atoms with van der Waals surface area (Å²) in [5.41, 5.74) is 0.576. The second kappa shape index (κ2) is 7.82. The Kier molecular flexibility index (Phi) is 4.96. The van der Waals surface area contributed by atoms with Crippen molar-refractivity contribution >= 4 is 17.4 Å². The number of amides is 1. The molecule has 5 heterocycles. The van der Waals surface area contributed by atoms with E-state index >= 15 is 0 Å². The van der Waals surface area contributed by atoms with Gasteiger partial charge >= 0.3 is 0 Å². The molecule has 0 saturated carbocycles. The zero-order valence-corrected chi connectivity index (χ0v) is 17.2. The van der Waals surface area contributed by atoms with Gasteiger partial charge in [0.1, 0.15) is 23.9 Å². The number of rotatable bonds is 5. The number of anilines is 1. The molecule has 3 aromatic rings. The molecule has 32 heavy (non-hydrogen) atoms. The van der Waals surface area contributed by atoms with E-state index in [0.29, 0.717) is 24.3 Å². The van der Waals surface area contributed by atoms with E-state index in [2.05, 4.69) is 26.0 Å². The molecule has 0 aromatic carbocycles. The van der Waals surface area contributed by atoms with E-state index in [4.69, 9.17) is 5.26 Å². The number of aromatic nitrogens is 4. The third-order valence-electron chi connectivity index (χ3n) is 6.31. The number of hydrogen-bond donors (Lipinski definition) is 0. The molecule has 1 amide bonds. The van der Waals surface area contributed by atoms with Gasteiger partial charge in [-0.3, -0.25) is 4.79 Å². The van der Waals surface area contributed by atoms with E-state index in [-0.39, 0.29) is 30.1 Å². The van der Waals surface area contributed by atoms with Gasteiger partial charge in [-0.2, -0.15) is 19.1 Å². The monoisotopic (exact) mass is 437 g/mol. The standard InChI is InChI=1S/C22H21F2N7O/c23-22(24,18-2-1-3-20-27-14-28-31(18)20)9-8-21(32)29-12-16-5-6-17(13-29)30(16)19-7-4-15(10-25)11-26-19/h1-4,7,11,14,16-17H,5-6,8-9,12-13H2. The Hall–Kier alpha value is -3.61. The molecule has 0 spiro atoms. The van der Waals surface area contributed by atoms with Gasteiger partial charge in [0.2, 0.25) is 5.91 Å². The Morgan fingerprint density at radius 3 is 2.62 bits per heavy atom. The number of hydrogen-bond acceptors (Lipinski definition) is 6. The van der Waals surface area contributed by atoms with Crippen molar-refractivity contribution in [1.82, 2.24) is 24.5 Å². The second-order valence-electron chi connectivity index (χ2n) is 8.25. The number of piperazine rings is 1. The van der Waals surface area contributed by atoms with Crippen LogP contribution in [0.3, 0.4) is 0 Å². The number of likely N-dealkylation sites (tertiary alicyclic amines) is 1. The molecular weight excluding hydrogens is 416 g/mol. The SMILES string of the molecule is N#Cc1ccc(N2C3CCC2CN(C(=O)CCC(F)(F)c2cccc4ncnn24)C3)nc1. The third-order valence-corrected chi connectivity index (χ3v) is 6.31. The summed E-state index contributed by atoms with van der Waals surface area (Å²) in [6.07, 6.45) is 3.79. The molecule has 0 radical (unpaired) electrons. The summed E-state index contributed by atoms with van der Waals surface area (Å²) in [6.45, 7) is 0.975. The van der Waals surface area contributed by atoms with Gasteiger partial charge in [0, 0.05) is 44.2 Å². The predicted molar refractivity (Wildman–Crippen MR) is 111 cm³/mol. The van der Waals surface area contributed by atoms with Crippen LogP contribution in [0.1, 0.15) is 36.9 Å². The Balaban J connectivity index is 1.24. The van der Waals surface area contributed by atoms with Gasteiger partial charge in [0.15, 0.2) is 5.65 Å². The number of nitriles is 1. The molecule has 2 fully saturated rings. The molecule has 0 aliphatic carbocycles. The third kappa shape index (κ3) is 3.53. The second-order valence-corrected chi connectivity index (χ2v) is 8.25. The van der Waals surface area contributed by atoms with E-state index < -0.39 is 12.3 Å². The van der Waals surface area contributed by atoms with Crippen LogP contribution in [0.15, 0.2) is 42.9 Å². The van der Waals surface area contributed by atoms with Crippen molar-refractivity contribution in [1.29, 1.82) is 5.26 Å². The van der Waals surface area contributed by atoms with Crippen LogP contribution in [0.25, 0.3) is 5.65 Å². The minimum atomic E-state index is -3.20. The normalized spacial score (nSPS) is 20.5. The van der Waals surface area contributed by atoms with Crippen molar-refractivity contribution in [3.8, 4) is 6.07 Å². The number of fused-ring (bicyclic) bond motifs is 3. The maximum Gasteiger partial charge on any atom is 0.290 e. The first-order valence-electron chi connectivity index (χ1n) is 10.6. The molecule has 2 aliphatic rings. The van der Waals surface area contributed by atoms with Crippen LogP contribution in [-0.2, 0) is 10.7 Å². The molecule has 5 rings (SSSR count). The average Bonchev–Trinajstić information content (AvgIpc) is 3.39. The van der Waals surface area contributed by atoms with Crippen molar-refractivity contribution < 1.29 is 13.6 Å². The first-order valence-corrected chi connectivity index (χ1v) is 10.6. The zero-order chi connectivity index (χ0) is 22.3. The van der Waals surface area contributed by atoms with E-state index in [0.717, 1.165) is 23.2 Å². The minimum Gasteiger partial charge on any atom is -0.347 e. The summed E-state index contributed by atoms with van der Waals surface area (Å²) >= 11 is 0. The van der Waals surface area contributed by atoms with Gasteiger partial charge in [-0.1, -0.05) is 6.07 Å². The fourth-order valence-corrected chi connectivity index (χ4v) is 4.76. The zero-order valence-electron chi connectivity index (χ0n) is 17.2. The lowest BCUT2D eigenvalue weighted by molar-refractivity contribution is -0.134. The van der Waals surface area contributed by atoms with E-state index in [1.807, 2.05) is 6.07 Å². The fraction of sp³-hybridized carbons (Fsp3) is 0.409. The molecular formula is C22H21F2N7O. The Morgan fingerprint density at radius 1 is 1.16 bits per heavy atom. The highest BCUT2D eigenvalue weighted by Gasteiger charge is 2.43. The van der Waals surface area contributed by atoms with Crippen molar-refractivity contribution in [3.05, 3.63) is 54.1 Å². The summed E-state index contributed by atoms with van der Waals surface area (Å²) in [4.78, 5) is 25.1. The van der Waals surface area contributed by atoms with Crippen molar-refractivity contribution in [3.63, 3.8) is 0 Å². The molecule has 164 valence electrons. The number of alkyl halides is 2. The van der Waals surface area contributed by atoms with E-state index in [1.165, 1.54) is 18.5 Å². The number of carbonyl (C=O) groups excluding carboxylic acids is 1. The molecule has 3 aromatic heterocycles. The van der Waals surface area contributed by atoms with Gasteiger partial charge < -0.3 is 9.80 Å². The molecule has 0 N–H and O–H groups in total. The lowest BCUT2D eigenvalue weighted by Gasteiger charge is -2.42. The summed E-state index contributed by atoms with van der Waals surface area (Å²) in [7, 11) is 0. The molecule has 10 heteroatoms. The molecule has 2 bridgehead atoms. The summed E-state index contributed by atoms with van der Waals surface area (Å²) in [6, 6.07) is 10.3. The van der Waals surface area contributed by atoms with Gasteiger partial charge in [0.25, 0.3) is 5.92 Å². The fourth-order valence-electron chi connectivity index (χ4n) is 4.76. The van der Waals surface area contributed by atoms with Crippen LogP contribution in [0.5, 0.6) is 0 Å². The first-order chi connectivity index (χ1) is 15.5. The van der Waals surface area contributed by atoms with Crippen LogP contribution in [-0.4, -0.2) is 55.6 Å². The van der Waals surface area contributed by atoms with Gasteiger partial charge in [-0.25, -0.2) is 14.5 Å². The van der Waals surface area contributed by atoms with Crippen molar-refractivity contribution in [2.75, 3.05) is 18.0 Å². The van der Waals surface area contributed by atoms with Crippen molar-refractivity contribution in [2.24, 2.45) is 0 Å². The van der Waals surface area contributed by atoms with Crippen LogP contribution in [0.4, 0.5) is 14.6 Å². The highest BCUT2D eigenvalue weighted by molar-refractivity contribution is 5.77. The van der Waals surface area contributed by atoms with Crippen LogP contribution in [0.2, 0.25) is 0 Å². The van der Waals surface area contributed by atoms with Gasteiger partial charge in [0.05, 0.1) is 5.56 Å². The van der Waals surface area contributed by atoms with Crippen molar-refractivity contribution in [2.45, 2.75) is 43.7 Å². The molecule has 2 atom stereocenters. The first kappa shape index (κ1) is 20.3. The smallest absolute Gasteiger partial charge is 0.290 e. The molecule has 2 aliphatic heterocycles. The molecule has 8 nitrogen and oxygen atoms in total. The lowest BCUT2D eigenvalue weighted by atomic mass is 10.1. The Bertz CT molecular complexity index is 1170. The minimum absolute atomic E-state index is 0.0996. The number of halogens is 2. The highest BCUT2D eigenvalue weighted by atomic mass is 19.3. The van der Waals surface area contributed by atoms with E-state index in [9.17, 15) is 13.6 Å². The number of nitrogens with zero attached hydrogens (tertiary/aromatic N) is 7. The largest absolute Gasteiger partial charge is 0.347 e. The van der Waals surface area contributed by atoms with Crippen LogP contribution in [0, 0.1) is 11.3 Å². The Labute approximate surface area is 183 Å². The maximum atomic E-state index is 14.9. The molecule has 2 saturated heterocycles. The lowest BCUT2D eigenvalue weighted by Crippen LogP contribution is -2.55. The average molecular weight is 437 g/mol. The van der Waals surface area contributed by atoms with E-state index in [1.54, 1.807) is 23.2 Å². The molecule has 2 unspecified atom stereocenters. The topological polar surface area (TPSA) is 90.4 Å². The van der Waals surface area contributed by atoms with Crippen LogP contribution >= 0.6 is 0 Å². The Morgan fingerprint density at radius 2 is 1.94 bits per heavy atom. The van der Waals surface area contributed by atoms with Gasteiger partial charge in [-0.05, 0) is 37.1 Å². The number of pyridine rings is 2. The summed E-state index contributed by atoms with van der Waals surface area (Å²) < 4.78 is 30.9. The summed E-state index contributed by atoms with van der Waals surface area (Å²) in [5, 5.41) is 12.8. The maximum absolute atomic E-state index is 14.9. The predicted octanol–water partition coefficient (Wildman–Crippen LogP) is 2.75. The van der Waals surface area contributed by atoms with Gasteiger partial charge in [-0.15, -0.1) is 0 Å².